The maximum absolute atomic E-state index is 12.2. The summed E-state index contributed by atoms with van der Waals surface area (Å²) in [7, 11) is 0. The van der Waals surface area contributed by atoms with E-state index in [1.807, 2.05) is 24.3 Å². The third-order valence-corrected chi connectivity index (χ3v) is 4.60. The molecule has 1 aliphatic rings. The Morgan fingerprint density at radius 1 is 1.32 bits per heavy atom. The molecule has 1 heterocycles. The zero-order valence-corrected chi connectivity index (χ0v) is 14.3. The van der Waals surface area contributed by atoms with Crippen molar-refractivity contribution in [1.29, 1.82) is 0 Å². The van der Waals surface area contributed by atoms with Crippen LogP contribution in [-0.4, -0.2) is 26.6 Å². The number of hydrogen-bond donors (Lipinski definition) is 2. The topological polar surface area (TPSA) is 88.9 Å². The molecule has 25 heavy (non-hydrogen) atoms. The lowest BCUT2D eigenvalue weighted by atomic mass is 10.1. The molecule has 1 atom stereocenters. The van der Waals surface area contributed by atoms with E-state index in [0.29, 0.717) is 6.54 Å². The maximum Gasteiger partial charge on any atom is 0.244 e. The highest BCUT2D eigenvalue weighted by molar-refractivity contribution is 5.92. The average molecular weight is 341 g/mol. The molecular formula is C18H23N5O2. The monoisotopic (exact) mass is 341 g/mol. The van der Waals surface area contributed by atoms with Crippen molar-refractivity contribution in [2.75, 3.05) is 5.32 Å². The Balaban J connectivity index is 1.54. The third kappa shape index (κ3) is 4.43. The van der Waals surface area contributed by atoms with Gasteiger partial charge in [0.25, 0.3) is 0 Å². The molecule has 2 N–H and O–H groups in total. The Kier molecular flexibility index (Phi) is 5.42. The molecule has 0 saturated heterocycles. The normalized spacial score (nSPS) is 15.7. The van der Waals surface area contributed by atoms with Crippen molar-refractivity contribution >= 4 is 17.5 Å². The molecule has 1 aromatic carbocycles. The fourth-order valence-electron chi connectivity index (χ4n) is 3.07. The van der Waals surface area contributed by atoms with E-state index >= 15 is 0 Å². The molecule has 1 aromatic heterocycles. The fourth-order valence-corrected chi connectivity index (χ4v) is 3.07. The van der Waals surface area contributed by atoms with E-state index in [1.54, 1.807) is 6.92 Å². The van der Waals surface area contributed by atoms with Crippen LogP contribution in [0.4, 0.5) is 5.69 Å². The van der Waals surface area contributed by atoms with Gasteiger partial charge >= 0.3 is 0 Å². The molecule has 0 bridgehead atoms. The molecule has 0 radical (unpaired) electrons. The van der Waals surface area contributed by atoms with Crippen molar-refractivity contribution in [3.63, 3.8) is 0 Å². The van der Waals surface area contributed by atoms with Crippen molar-refractivity contribution < 1.29 is 9.59 Å². The molecule has 7 heteroatoms. The molecule has 2 amide bonds. The maximum atomic E-state index is 12.2. The minimum atomic E-state index is -0.423. The minimum absolute atomic E-state index is 0.0958. The van der Waals surface area contributed by atoms with Gasteiger partial charge in [0.2, 0.25) is 11.8 Å². The van der Waals surface area contributed by atoms with Gasteiger partial charge in [-0.3, -0.25) is 9.59 Å². The van der Waals surface area contributed by atoms with E-state index in [2.05, 4.69) is 20.7 Å². The summed E-state index contributed by atoms with van der Waals surface area (Å²) in [4.78, 5) is 28.2. The molecular weight excluding hydrogens is 318 g/mol. The number of benzene rings is 1. The van der Waals surface area contributed by atoms with Gasteiger partial charge in [0.1, 0.15) is 18.7 Å². The Morgan fingerprint density at radius 3 is 2.84 bits per heavy atom. The highest BCUT2D eigenvalue weighted by atomic mass is 16.2. The lowest BCUT2D eigenvalue weighted by Crippen LogP contribution is -2.30. The van der Waals surface area contributed by atoms with Gasteiger partial charge < -0.3 is 10.6 Å². The van der Waals surface area contributed by atoms with Crippen LogP contribution in [0.1, 0.15) is 44.2 Å². The molecule has 0 aliphatic heterocycles. The lowest BCUT2D eigenvalue weighted by molar-refractivity contribution is -0.124. The first-order valence-electron chi connectivity index (χ1n) is 8.65. The van der Waals surface area contributed by atoms with Gasteiger partial charge in [-0.15, -0.1) is 0 Å². The minimum Gasteiger partial charge on any atom is -0.350 e. The van der Waals surface area contributed by atoms with E-state index in [4.69, 9.17) is 0 Å². The van der Waals surface area contributed by atoms with E-state index in [9.17, 15) is 9.59 Å². The van der Waals surface area contributed by atoms with Gasteiger partial charge in [-0.05, 0) is 37.5 Å². The van der Waals surface area contributed by atoms with Gasteiger partial charge in [0.15, 0.2) is 0 Å². The number of nitrogens with one attached hydrogen (secondary N) is 2. The van der Waals surface area contributed by atoms with E-state index < -0.39 is 6.04 Å². The second-order valence-electron chi connectivity index (χ2n) is 6.44. The number of carbonyl (C=O) groups is 2. The SMILES string of the molecule is C[C@H](C(=O)NCc1cccc(NC(=O)C2CCCC2)c1)n1cncn1. The van der Waals surface area contributed by atoms with E-state index in [1.165, 1.54) is 17.3 Å². The summed E-state index contributed by atoms with van der Waals surface area (Å²) in [6, 6.07) is 7.15. The van der Waals surface area contributed by atoms with Crippen molar-refractivity contribution in [2.24, 2.45) is 5.92 Å². The molecule has 2 aromatic rings. The first kappa shape index (κ1) is 17.1. The second-order valence-corrected chi connectivity index (χ2v) is 6.44. The molecule has 132 valence electrons. The molecule has 3 rings (SSSR count). The predicted molar refractivity (Wildman–Crippen MR) is 93.6 cm³/mol. The highest BCUT2D eigenvalue weighted by Crippen LogP contribution is 2.26. The molecule has 0 unspecified atom stereocenters. The summed E-state index contributed by atoms with van der Waals surface area (Å²) in [5, 5.41) is 9.84. The number of nitrogens with zero attached hydrogens (tertiary/aromatic N) is 3. The summed E-state index contributed by atoms with van der Waals surface area (Å²) in [6.07, 6.45) is 7.13. The van der Waals surface area contributed by atoms with Crippen molar-refractivity contribution in [1.82, 2.24) is 20.1 Å². The third-order valence-electron chi connectivity index (χ3n) is 4.60. The number of carbonyl (C=O) groups excluding carboxylic acids is 2. The summed E-state index contributed by atoms with van der Waals surface area (Å²) in [6.45, 7) is 2.16. The number of anilines is 1. The Labute approximate surface area is 146 Å². The van der Waals surface area contributed by atoms with Crippen LogP contribution in [0.25, 0.3) is 0 Å². The predicted octanol–water partition coefficient (Wildman–Crippen LogP) is 2.28. The first-order chi connectivity index (χ1) is 12.1. The van der Waals surface area contributed by atoms with Crippen LogP contribution in [0.3, 0.4) is 0 Å². The van der Waals surface area contributed by atoms with Gasteiger partial charge in [-0.1, -0.05) is 25.0 Å². The standard InChI is InChI=1S/C18H23N5O2/c1-13(23-12-19-11-21-23)17(24)20-10-14-5-4-8-16(9-14)22-18(25)15-6-2-3-7-15/h4-5,8-9,11-13,15H,2-3,6-7,10H2,1H3,(H,20,24)(H,22,25)/t13-/m1/s1. The van der Waals surface area contributed by atoms with Crippen LogP contribution in [0.2, 0.25) is 0 Å². The van der Waals surface area contributed by atoms with Crippen molar-refractivity contribution in [2.45, 2.75) is 45.2 Å². The van der Waals surface area contributed by atoms with Crippen LogP contribution in [0, 0.1) is 5.92 Å². The average Bonchev–Trinajstić information content (AvgIpc) is 3.32. The quantitative estimate of drug-likeness (QED) is 0.843. The van der Waals surface area contributed by atoms with Crippen LogP contribution in [0.5, 0.6) is 0 Å². The molecule has 0 spiro atoms. The second kappa shape index (κ2) is 7.92. The summed E-state index contributed by atoms with van der Waals surface area (Å²) >= 11 is 0. The van der Waals surface area contributed by atoms with Gasteiger partial charge in [-0.2, -0.15) is 5.10 Å². The lowest BCUT2D eigenvalue weighted by Gasteiger charge is -2.13. The Morgan fingerprint density at radius 2 is 2.12 bits per heavy atom. The number of aromatic nitrogens is 3. The Bertz CT molecular complexity index is 723. The molecule has 1 aliphatic carbocycles. The van der Waals surface area contributed by atoms with E-state index in [-0.39, 0.29) is 17.7 Å². The number of hydrogen-bond acceptors (Lipinski definition) is 4. The van der Waals surface area contributed by atoms with E-state index in [0.717, 1.165) is 36.9 Å². The molecule has 1 fully saturated rings. The zero-order valence-electron chi connectivity index (χ0n) is 14.3. The van der Waals surface area contributed by atoms with Crippen LogP contribution >= 0.6 is 0 Å². The zero-order chi connectivity index (χ0) is 17.6. The number of amides is 2. The largest absolute Gasteiger partial charge is 0.350 e. The fraction of sp³-hybridized carbons (Fsp3) is 0.444. The van der Waals surface area contributed by atoms with Crippen molar-refractivity contribution in [3.05, 3.63) is 42.5 Å². The summed E-state index contributed by atoms with van der Waals surface area (Å²) in [5.41, 5.74) is 1.70. The molecule has 7 nitrogen and oxygen atoms in total. The summed E-state index contributed by atoms with van der Waals surface area (Å²) < 4.78 is 1.51. The van der Waals surface area contributed by atoms with Crippen LogP contribution in [-0.2, 0) is 16.1 Å². The number of rotatable bonds is 6. The van der Waals surface area contributed by atoms with Gasteiger partial charge in [0, 0.05) is 18.2 Å². The van der Waals surface area contributed by atoms with Gasteiger partial charge in [0.05, 0.1) is 0 Å². The Hall–Kier alpha value is -2.70. The van der Waals surface area contributed by atoms with Crippen molar-refractivity contribution in [3.8, 4) is 0 Å². The molecule has 1 saturated carbocycles. The van der Waals surface area contributed by atoms with Gasteiger partial charge in [-0.25, -0.2) is 9.67 Å². The smallest absolute Gasteiger partial charge is 0.244 e. The highest BCUT2D eigenvalue weighted by Gasteiger charge is 2.22. The van der Waals surface area contributed by atoms with Crippen LogP contribution in [0.15, 0.2) is 36.9 Å². The van der Waals surface area contributed by atoms with Crippen LogP contribution < -0.4 is 10.6 Å². The first-order valence-corrected chi connectivity index (χ1v) is 8.65. The summed E-state index contributed by atoms with van der Waals surface area (Å²) in [5.74, 6) is 0.0938.